The molecule has 1 fully saturated rings. The first-order chi connectivity index (χ1) is 8.90. The molecule has 1 saturated carbocycles. The van der Waals surface area contributed by atoms with Crippen LogP contribution in [-0.2, 0) is 6.18 Å². The van der Waals surface area contributed by atoms with E-state index in [2.05, 4.69) is 12.2 Å². The molecule has 0 spiro atoms. The van der Waals surface area contributed by atoms with E-state index >= 15 is 0 Å². The minimum absolute atomic E-state index is 0.290. The van der Waals surface area contributed by atoms with Gasteiger partial charge in [0.25, 0.3) is 0 Å². The lowest BCUT2D eigenvalue weighted by Crippen LogP contribution is -2.16. The van der Waals surface area contributed by atoms with Crippen LogP contribution in [0.1, 0.15) is 37.3 Å². The van der Waals surface area contributed by atoms with Gasteiger partial charge in [-0.2, -0.15) is 18.4 Å². The minimum atomic E-state index is -4.48. The largest absolute Gasteiger partial charge is 0.417 e. The molecular weight excluding hydrogens is 253 g/mol. The van der Waals surface area contributed by atoms with Gasteiger partial charge in [0.05, 0.1) is 17.2 Å². The fraction of sp³-hybridized carbons (Fsp3) is 0.500. The monoisotopic (exact) mass is 268 g/mol. The van der Waals surface area contributed by atoms with Crippen molar-refractivity contribution < 1.29 is 13.2 Å². The predicted molar refractivity (Wildman–Crippen MR) is 66.6 cm³/mol. The summed E-state index contributed by atoms with van der Waals surface area (Å²) in [5.74, 6) is 0.641. The van der Waals surface area contributed by atoms with E-state index in [0.717, 1.165) is 25.3 Å². The minimum Gasteiger partial charge on any atom is -0.382 e. The van der Waals surface area contributed by atoms with Crippen molar-refractivity contribution in [2.45, 2.75) is 38.4 Å². The molecule has 0 heterocycles. The van der Waals surface area contributed by atoms with Crippen LogP contribution in [0.5, 0.6) is 0 Å². The SMILES string of the molecule is CC1CCC(Nc2ccc(C(F)(F)F)c(C#N)c2)C1. The van der Waals surface area contributed by atoms with Crippen LogP contribution in [0, 0.1) is 17.2 Å². The fourth-order valence-electron chi connectivity index (χ4n) is 2.55. The molecule has 2 rings (SSSR count). The number of hydrogen-bond donors (Lipinski definition) is 1. The van der Waals surface area contributed by atoms with Crippen LogP contribution in [0.3, 0.4) is 0 Å². The van der Waals surface area contributed by atoms with Crippen molar-refractivity contribution in [3.63, 3.8) is 0 Å². The van der Waals surface area contributed by atoms with Crippen LogP contribution in [0.25, 0.3) is 0 Å². The van der Waals surface area contributed by atoms with Crippen LogP contribution in [0.15, 0.2) is 18.2 Å². The number of nitrogens with zero attached hydrogens (tertiary/aromatic N) is 1. The Bertz CT molecular complexity index is 502. The van der Waals surface area contributed by atoms with Gasteiger partial charge in [-0.05, 0) is 43.4 Å². The zero-order chi connectivity index (χ0) is 14.0. The number of nitrogens with one attached hydrogen (secondary N) is 1. The Hall–Kier alpha value is -1.70. The molecule has 0 radical (unpaired) electrons. The third kappa shape index (κ3) is 3.19. The molecule has 2 nitrogen and oxygen atoms in total. The van der Waals surface area contributed by atoms with Crippen molar-refractivity contribution in [2.75, 3.05) is 5.32 Å². The first kappa shape index (κ1) is 13.7. The van der Waals surface area contributed by atoms with Crippen molar-refractivity contribution in [2.24, 2.45) is 5.92 Å². The summed E-state index contributed by atoms with van der Waals surface area (Å²) in [6.07, 6.45) is -1.32. The molecule has 1 aliphatic rings. The number of nitriles is 1. The second-order valence-electron chi connectivity index (χ2n) is 5.13. The number of anilines is 1. The van der Waals surface area contributed by atoms with Crippen molar-refractivity contribution in [1.82, 2.24) is 0 Å². The summed E-state index contributed by atoms with van der Waals surface area (Å²) in [5, 5.41) is 12.0. The van der Waals surface area contributed by atoms with Gasteiger partial charge in [-0.15, -0.1) is 0 Å². The van der Waals surface area contributed by atoms with E-state index in [1.807, 2.05) is 0 Å². The molecule has 1 N–H and O–H groups in total. The maximum absolute atomic E-state index is 12.7. The topological polar surface area (TPSA) is 35.8 Å². The van der Waals surface area contributed by atoms with Crippen molar-refractivity contribution in [3.05, 3.63) is 29.3 Å². The smallest absolute Gasteiger partial charge is 0.382 e. The molecule has 1 aromatic carbocycles. The lowest BCUT2D eigenvalue weighted by molar-refractivity contribution is -0.137. The maximum Gasteiger partial charge on any atom is 0.417 e. The molecule has 102 valence electrons. The second-order valence-corrected chi connectivity index (χ2v) is 5.13. The summed E-state index contributed by atoms with van der Waals surface area (Å²) >= 11 is 0. The molecule has 2 atom stereocenters. The predicted octanol–water partition coefficient (Wildman–Crippen LogP) is 4.18. The van der Waals surface area contributed by atoms with E-state index in [1.54, 1.807) is 6.07 Å². The Kier molecular flexibility index (Phi) is 3.70. The average Bonchev–Trinajstić information content (AvgIpc) is 2.73. The molecule has 5 heteroatoms. The molecule has 1 aromatic rings. The molecule has 1 aliphatic carbocycles. The molecule has 2 unspecified atom stereocenters. The summed E-state index contributed by atoms with van der Waals surface area (Å²) < 4.78 is 38.0. The van der Waals surface area contributed by atoms with Gasteiger partial charge in [-0.3, -0.25) is 0 Å². The molecule has 0 amide bonds. The second kappa shape index (κ2) is 5.12. The first-order valence-corrected chi connectivity index (χ1v) is 6.28. The fourth-order valence-corrected chi connectivity index (χ4v) is 2.55. The molecule has 0 bridgehead atoms. The molecule has 0 aromatic heterocycles. The number of hydrogen-bond acceptors (Lipinski definition) is 2. The first-order valence-electron chi connectivity index (χ1n) is 6.28. The van der Waals surface area contributed by atoms with Crippen LogP contribution < -0.4 is 5.32 Å². The Labute approximate surface area is 110 Å². The van der Waals surface area contributed by atoms with Crippen molar-refractivity contribution in [3.8, 4) is 6.07 Å². The zero-order valence-corrected chi connectivity index (χ0v) is 10.6. The summed E-state index contributed by atoms with van der Waals surface area (Å²) in [6.45, 7) is 2.16. The lowest BCUT2D eigenvalue weighted by Gasteiger charge is -2.16. The van der Waals surface area contributed by atoms with Gasteiger partial charge in [0.15, 0.2) is 0 Å². The van der Waals surface area contributed by atoms with Gasteiger partial charge in [0, 0.05) is 11.7 Å². The van der Waals surface area contributed by atoms with Gasteiger partial charge in [0.2, 0.25) is 0 Å². The summed E-state index contributed by atoms with van der Waals surface area (Å²) in [4.78, 5) is 0. The van der Waals surface area contributed by atoms with Gasteiger partial charge in [-0.1, -0.05) is 6.92 Å². The molecular formula is C14H15F3N2. The van der Waals surface area contributed by atoms with Crippen LogP contribution in [-0.4, -0.2) is 6.04 Å². The molecule has 0 aliphatic heterocycles. The number of rotatable bonds is 2. The van der Waals surface area contributed by atoms with Gasteiger partial charge < -0.3 is 5.32 Å². The van der Waals surface area contributed by atoms with Crippen LogP contribution in [0.2, 0.25) is 0 Å². The van der Waals surface area contributed by atoms with E-state index in [0.29, 0.717) is 17.6 Å². The highest BCUT2D eigenvalue weighted by atomic mass is 19.4. The Morgan fingerprint density at radius 3 is 2.58 bits per heavy atom. The number of halogens is 3. The third-order valence-electron chi connectivity index (χ3n) is 3.51. The third-order valence-corrected chi connectivity index (χ3v) is 3.51. The summed E-state index contributed by atoms with van der Waals surface area (Å²) in [5.41, 5.74) is -0.618. The summed E-state index contributed by atoms with van der Waals surface area (Å²) in [7, 11) is 0. The average molecular weight is 268 g/mol. The zero-order valence-electron chi connectivity index (χ0n) is 10.6. The highest BCUT2D eigenvalue weighted by Crippen LogP contribution is 2.34. The Balaban J connectivity index is 2.18. The quantitative estimate of drug-likeness (QED) is 0.873. The van der Waals surface area contributed by atoms with Gasteiger partial charge >= 0.3 is 6.18 Å². The highest BCUT2D eigenvalue weighted by molar-refractivity contribution is 5.54. The summed E-state index contributed by atoms with van der Waals surface area (Å²) in [6, 6.07) is 5.56. The van der Waals surface area contributed by atoms with E-state index < -0.39 is 11.7 Å². The highest BCUT2D eigenvalue weighted by Gasteiger charge is 2.33. The van der Waals surface area contributed by atoms with E-state index in [9.17, 15) is 13.2 Å². The van der Waals surface area contributed by atoms with Crippen LogP contribution in [0.4, 0.5) is 18.9 Å². The van der Waals surface area contributed by atoms with Gasteiger partial charge in [-0.25, -0.2) is 0 Å². The number of alkyl halides is 3. The molecule has 0 saturated heterocycles. The normalized spacial score (nSPS) is 23.1. The van der Waals surface area contributed by atoms with E-state index in [-0.39, 0.29) is 5.56 Å². The Morgan fingerprint density at radius 1 is 1.32 bits per heavy atom. The van der Waals surface area contributed by atoms with Gasteiger partial charge in [0.1, 0.15) is 0 Å². The standard InChI is InChI=1S/C14H15F3N2/c1-9-2-3-11(6-9)19-12-4-5-13(14(15,16)17)10(7-12)8-18/h4-5,7,9,11,19H,2-3,6H2,1H3. The van der Waals surface area contributed by atoms with Crippen LogP contribution >= 0.6 is 0 Å². The van der Waals surface area contributed by atoms with E-state index in [4.69, 9.17) is 5.26 Å². The van der Waals surface area contributed by atoms with Crippen molar-refractivity contribution >= 4 is 5.69 Å². The van der Waals surface area contributed by atoms with E-state index in [1.165, 1.54) is 12.1 Å². The maximum atomic E-state index is 12.7. The number of benzene rings is 1. The van der Waals surface area contributed by atoms with Crippen molar-refractivity contribution in [1.29, 1.82) is 5.26 Å². The Morgan fingerprint density at radius 2 is 2.05 bits per heavy atom. The lowest BCUT2D eigenvalue weighted by atomic mass is 10.1. The molecule has 19 heavy (non-hydrogen) atoms.